The number of pyridine rings is 1. The van der Waals surface area contributed by atoms with Crippen molar-refractivity contribution in [3.8, 4) is 6.07 Å². The van der Waals surface area contributed by atoms with E-state index in [4.69, 9.17) is 5.26 Å². The van der Waals surface area contributed by atoms with Crippen molar-refractivity contribution in [2.75, 3.05) is 17.1 Å². The second kappa shape index (κ2) is 5.76. The van der Waals surface area contributed by atoms with Crippen LogP contribution >= 0.6 is 0 Å². The van der Waals surface area contributed by atoms with E-state index in [0.29, 0.717) is 5.82 Å². The van der Waals surface area contributed by atoms with Crippen LogP contribution in [0.2, 0.25) is 0 Å². The molecule has 21 heavy (non-hydrogen) atoms. The molecule has 0 spiro atoms. The molecule has 0 radical (unpaired) electrons. The molecule has 0 saturated heterocycles. The molecule has 6 nitrogen and oxygen atoms in total. The molecule has 0 aliphatic carbocycles. The Bertz CT molecular complexity index is 798. The van der Waals surface area contributed by atoms with Gasteiger partial charge in [-0.25, -0.2) is 17.8 Å². The van der Waals surface area contributed by atoms with Crippen LogP contribution in [0, 0.1) is 17.1 Å². The van der Waals surface area contributed by atoms with Crippen molar-refractivity contribution >= 4 is 21.5 Å². The van der Waals surface area contributed by atoms with Crippen LogP contribution in [0.15, 0.2) is 41.4 Å². The minimum absolute atomic E-state index is 0.0107. The van der Waals surface area contributed by atoms with Gasteiger partial charge in [0.15, 0.2) is 0 Å². The van der Waals surface area contributed by atoms with Gasteiger partial charge < -0.3 is 5.32 Å². The summed E-state index contributed by atoms with van der Waals surface area (Å²) in [6.07, 6.45) is 1.18. The van der Waals surface area contributed by atoms with Crippen molar-refractivity contribution in [1.29, 1.82) is 5.26 Å². The first-order chi connectivity index (χ1) is 9.96. The van der Waals surface area contributed by atoms with Crippen molar-refractivity contribution in [2.24, 2.45) is 0 Å². The maximum absolute atomic E-state index is 13.0. The van der Waals surface area contributed by atoms with Gasteiger partial charge in [0.25, 0.3) is 10.0 Å². The van der Waals surface area contributed by atoms with E-state index in [9.17, 15) is 12.8 Å². The summed E-state index contributed by atoms with van der Waals surface area (Å²) in [5, 5.41) is 11.7. The fourth-order valence-electron chi connectivity index (χ4n) is 1.59. The third-order valence-corrected chi connectivity index (χ3v) is 4.00. The maximum atomic E-state index is 13.0. The second-order valence-corrected chi connectivity index (χ2v) is 5.72. The highest BCUT2D eigenvalue weighted by Crippen LogP contribution is 2.20. The average molecular weight is 306 g/mol. The maximum Gasteiger partial charge on any atom is 0.263 e. The van der Waals surface area contributed by atoms with Gasteiger partial charge in [-0.15, -0.1) is 0 Å². The summed E-state index contributed by atoms with van der Waals surface area (Å²) in [6.45, 7) is 0. The highest BCUT2D eigenvalue weighted by Gasteiger charge is 2.17. The lowest BCUT2D eigenvalue weighted by Crippen LogP contribution is -2.14. The van der Waals surface area contributed by atoms with E-state index in [1.165, 1.54) is 24.4 Å². The Kier molecular flexibility index (Phi) is 4.05. The van der Waals surface area contributed by atoms with E-state index in [0.717, 1.165) is 12.1 Å². The summed E-state index contributed by atoms with van der Waals surface area (Å²) in [5.41, 5.74) is -0.0880. The summed E-state index contributed by atoms with van der Waals surface area (Å²) < 4.78 is 39.6. The van der Waals surface area contributed by atoms with Gasteiger partial charge >= 0.3 is 0 Å². The predicted octanol–water partition coefficient (Wildman–Crippen LogP) is 1.93. The van der Waals surface area contributed by atoms with Gasteiger partial charge in [0.2, 0.25) is 0 Å². The molecule has 0 unspecified atom stereocenters. The van der Waals surface area contributed by atoms with Crippen molar-refractivity contribution < 1.29 is 12.8 Å². The molecule has 1 aromatic carbocycles. The molecule has 108 valence electrons. The largest absolute Gasteiger partial charge is 0.373 e. The number of nitriles is 1. The number of sulfonamides is 1. The molecule has 0 amide bonds. The van der Waals surface area contributed by atoms with Crippen LogP contribution in [-0.4, -0.2) is 20.4 Å². The van der Waals surface area contributed by atoms with Crippen molar-refractivity contribution in [3.05, 3.63) is 47.9 Å². The number of hydrogen-bond acceptors (Lipinski definition) is 5. The molecule has 1 aromatic heterocycles. The molecular formula is C13H11FN4O2S. The molecular weight excluding hydrogens is 295 g/mol. The third kappa shape index (κ3) is 3.27. The Labute approximate surface area is 121 Å². The minimum Gasteiger partial charge on any atom is -0.373 e. The summed E-state index contributed by atoms with van der Waals surface area (Å²) in [6, 6.07) is 7.84. The first-order valence-electron chi connectivity index (χ1n) is 5.82. The fraction of sp³-hybridized carbons (Fsp3) is 0.0769. The van der Waals surface area contributed by atoms with Crippen LogP contribution in [0.3, 0.4) is 0 Å². The Morgan fingerprint density at radius 2 is 2.05 bits per heavy atom. The van der Waals surface area contributed by atoms with E-state index >= 15 is 0 Å². The van der Waals surface area contributed by atoms with Gasteiger partial charge in [-0.2, -0.15) is 5.26 Å². The van der Waals surface area contributed by atoms with Crippen molar-refractivity contribution in [2.45, 2.75) is 4.90 Å². The van der Waals surface area contributed by atoms with Gasteiger partial charge in [0.05, 0.1) is 11.3 Å². The number of halogens is 1. The zero-order valence-corrected chi connectivity index (χ0v) is 11.8. The standard InChI is InChI=1S/C13H11FN4O2S/c1-16-13-5-3-11(8-17-13)21(19,20)18-12-4-2-10(14)6-9(12)7-15/h2-6,8,18H,1H3,(H,16,17). The molecule has 0 bridgehead atoms. The zero-order valence-electron chi connectivity index (χ0n) is 11.0. The fourth-order valence-corrected chi connectivity index (χ4v) is 2.61. The van der Waals surface area contributed by atoms with Gasteiger partial charge in [-0.1, -0.05) is 0 Å². The van der Waals surface area contributed by atoms with Crippen LogP contribution in [0.5, 0.6) is 0 Å². The molecule has 0 aliphatic rings. The summed E-state index contributed by atoms with van der Waals surface area (Å²) in [7, 11) is -2.24. The number of aromatic nitrogens is 1. The summed E-state index contributed by atoms with van der Waals surface area (Å²) >= 11 is 0. The van der Waals surface area contributed by atoms with Crippen LogP contribution in [0.25, 0.3) is 0 Å². The van der Waals surface area contributed by atoms with E-state index in [2.05, 4.69) is 15.0 Å². The molecule has 2 rings (SSSR count). The summed E-state index contributed by atoms with van der Waals surface area (Å²) in [4.78, 5) is 3.85. The average Bonchev–Trinajstić information content (AvgIpc) is 2.49. The number of benzene rings is 1. The molecule has 2 N–H and O–H groups in total. The lowest BCUT2D eigenvalue weighted by atomic mass is 10.2. The van der Waals surface area contributed by atoms with Crippen molar-refractivity contribution in [3.63, 3.8) is 0 Å². The molecule has 0 saturated carbocycles. The van der Waals surface area contributed by atoms with E-state index < -0.39 is 15.8 Å². The Morgan fingerprint density at radius 3 is 2.62 bits per heavy atom. The predicted molar refractivity (Wildman–Crippen MR) is 75.7 cm³/mol. The van der Waals surface area contributed by atoms with Crippen molar-refractivity contribution in [1.82, 2.24) is 4.98 Å². The Balaban J connectivity index is 2.35. The van der Waals surface area contributed by atoms with E-state index in [-0.39, 0.29) is 16.1 Å². The molecule has 0 aliphatic heterocycles. The highest BCUT2D eigenvalue weighted by atomic mass is 32.2. The molecule has 8 heteroatoms. The Hall–Kier alpha value is -2.66. The zero-order chi connectivity index (χ0) is 15.5. The minimum atomic E-state index is -3.90. The normalized spacial score (nSPS) is 10.7. The lowest BCUT2D eigenvalue weighted by molar-refractivity contribution is 0.600. The lowest BCUT2D eigenvalue weighted by Gasteiger charge is -2.09. The summed E-state index contributed by atoms with van der Waals surface area (Å²) in [5.74, 6) is -0.0945. The quantitative estimate of drug-likeness (QED) is 0.900. The van der Waals surface area contributed by atoms with E-state index in [1.54, 1.807) is 13.1 Å². The number of hydrogen-bond donors (Lipinski definition) is 2. The monoisotopic (exact) mass is 306 g/mol. The smallest absolute Gasteiger partial charge is 0.263 e. The first-order valence-corrected chi connectivity index (χ1v) is 7.31. The van der Waals surface area contributed by atoms with Gasteiger partial charge in [0.1, 0.15) is 22.6 Å². The van der Waals surface area contributed by atoms with E-state index in [1.807, 2.05) is 0 Å². The molecule has 0 atom stereocenters. The third-order valence-electron chi connectivity index (χ3n) is 2.65. The number of rotatable bonds is 4. The first kappa shape index (κ1) is 14.7. The Morgan fingerprint density at radius 1 is 1.29 bits per heavy atom. The highest BCUT2D eigenvalue weighted by molar-refractivity contribution is 7.92. The topological polar surface area (TPSA) is 94.9 Å². The molecule has 2 aromatic rings. The number of nitrogens with one attached hydrogen (secondary N) is 2. The van der Waals surface area contributed by atoms with Crippen LogP contribution in [0.1, 0.15) is 5.56 Å². The van der Waals surface area contributed by atoms with Crippen LogP contribution < -0.4 is 10.0 Å². The van der Waals surface area contributed by atoms with Gasteiger partial charge in [0, 0.05) is 13.2 Å². The van der Waals surface area contributed by atoms with Gasteiger partial charge in [-0.05, 0) is 30.3 Å². The second-order valence-electron chi connectivity index (χ2n) is 4.04. The molecule has 1 heterocycles. The van der Waals surface area contributed by atoms with Gasteiger partial charge in [-0.3, -0.25) is 4.72 Å². The van der Waals surface area contributed by atoms with Crippen LogP contribution in [-0.2, 0) is 10.0 Å². The molecule has 0 fully saturated rings. The SMILES string of the molecule is CNc1ccc(S(=O)(=O)Nc2ccc(F)cc2C#N)cn1. The number of nitrogens with zero attached hydrogens (tertiary/aromatic N) is 2. The number of anilines is 2. The van der Waals surface area contributed by atoms with Crippen LogP contribution in [0.4, 0.5) is 15.9 Å².